The number of carbonyl (C=O) groups is 2. The summed E-state index contributed by atoms with van der Waals surface area (Å²) in [5, 5.41) is 2.87. The Hall–Kier alpha value is -2.04. The minimum Gasteiger partial charge on any atom is -0.465 e. The minimum absolute atomic E-state index is 0.0569. The first-order chi connectivity index (χ1) is 10.2. The highest BCUT2D eigenvalue weighted by molar-refractivity contribution is 5.89. The lowest BCUT2D eigenvalue weighted by molar-refractivity contribution is 0.0521. The Morgan fingerprint density at radius 2 is 1.95 bits per heavy atom. The molecule has 1 aromatic rings. The third-order valence-electron chi connectivity index (χ3n) is 3.59. The Balaban J connectivity index is 2.03. The predicted octanol–water partition coefficient (Wildman–Crippen LogP) is 3.16. The smallest absolute Gasteiger partial charge is 0.407 e. The number of hydrogen-bond acceptors (Lipinski definition) is 4. The maximum Gasteiger partial charge on any atom is 0.407 e. The highest BCUT2D eigenvalue weighted by Gasteiger charge is 2.41. The van der Waals surface area contributed by atoms with Crippen LogP contribution in [0.5, 0.6) is 0 Å². The van der Waals surface area contributed by atoms with Gasteiger partial charge in [-0.1, -0.05) is 6.07 Å². The Labute approximate surface area is 131 Å². The van der Waals surface area contributed by atoms with E-state index in [-0.39, 0.29) is 17.9 Å². The first-order valence-electron chi connectivity index (χ1n) is 7.39. The van der Waals surface area contributed by atoms with Crippen LogP contribution >= 0.6 is 0 Å². The van der Waals surface area contributed by atoms with Crippen LogP contribution < -0.4 is 5.32 Å². The lowest BCUT2D eigenvalue weighted by Crippen LogP contribution is -2.34. The van der Waals surface area contributed by atoms with Gasteiger partial charge in [-0.05, 0) is 57.4 Å². The summed E-state index contributed by atoms with van der Waals surface area (Å²) in [6.45, 7) is 7.50. The second-order valence-electron chi connectivity index (χ2n) is 6.66. The number of hydrogen-bond donors (Lipinski definition) is 1. The molecule has 0 radical (unpaired) electrons. The molecule has 2 atom stereocenters. The summed E-state index contributed by atoms with van der Waals surface area (Å²) >= 11 is 0. The van der Waals surface area contributed by atoms with Gasteiger partial charge < -0.3 is 14.8 Å². The van der Waals surface area contributed by atoms with Gasteiger partial charge >= 0.3 is 12.1 Å². The van der Waals surface area contributed by atoms with E-state index in [1.165, 1.54) is 7.11 Å². The van der Waals surface area contributed by atoms with Gasteiger partial charge in [0, 0.05) is 12.0 Å². The number of benzene rings is 1. The Morgan fingerprint density at radius 3 is 2.55 bits per heavy atom. The van der Waals surface area contributed by atoms with Gasteiger partial charge in [-0.25, -0.2) is 9.59 Å². The molecule has 2 rings (SSSR count). The highest BCUT2D eigenvalue weighted by Crippen LogP contribution is 2.42. The molecular weight excluding hydrogens is 282 g/mol. The number of aryl methyl sites for hydroxylation is 1. The van der Waals surface area contributed by atoms with Gasteiger partial charge in [0.1, 0.15) is 5.60 Å². The average molecular weight is 305 g/mol. The fourth-order valence-corrected chi connectivity index (χ4v) is 2.44. The number of nitrogens with one attached hydrogen (secondary N) is 1. The minimum atomic E-state index is -0.505. The quantitative estimate of drug-likeness (QED) is 0.871. The summed E-state index contributed by atoms with van der Waals surface area (Å²) in [5.41, 5.74) is 2.20. The van der Waals surface area contributed by atoms with Gasteiger partial charge in [0.25, 0.3) is 0 Å². The lowest BCUT2D eigenvalue weighted by Gasteiger charge is -2.19. The number of rotatable bonds is 3. The third-order valence-corrected chi connectivity index (χ3v) is 3.59. The van der Waals surface area contributed by atoms with Crippen molar-refractivity contribution < 1.29 is 19.1 Å². The van der Waals surface area contributed by atoms with Crippen LogP contribution in [0.1, 0.15) is 54.6 Å². The lowest BCUT2D eigenvalue weighted by atomic mass is 10.0. The van der Waals surface area contributed by atoms with Crippen LogP contribution in [0.25, 0.3) is 0 Å². The van der Waals surface area contributed by atoms with Crippen molar-refractivity contribution in [2.24, 2.45) is 0 Å². The fourth-order valence-electron chi connectivity index (χ4n) is 2.44. The van der Waals surface area contributed by atoms with Gasteiger partial charge in [-0.2, -0.15) is 0 Å². The number of amides is 1. The molecule has 0 unspecified atom stereocenters. The molecule has 1 aliphatic carbocycles. The highest BCUT2D eigenvalue weighted by atomic mass is 16.6. The molecule has 120 valence electrons. The van der Waals surface area contributed by atoms with Crippen LogP contribution in [0, 0.1) is 6.92 Å². The monoisotopic (exact) mass is 305 g/mol. The maximum atomic E-state index is 11.8. The molecule has 5 nitrogen and oxygen atoms in total. The van der Waals surface area contributed by atoms with Crippen LogP contribution in [-0.4, -0.2) is 30.8 Å². The molecule has 1 aliphatic rings. The average Bonchev–Trinajstić information content (AvgIpc) is 3.15. The van der Waals surface area contributed by atoms with Crippen molar-refractivity contribution in [1.82, 2.24) is 5.32 Å². The second kappa shape index (κ2) is 5.99. The van der Waals surface area contributed by atoms with Crippen LogP contribution in [0.15, 0.2) is 18.2 Å². The van der Waals surface area contributed by atoms with Crippen molar-refractivity contribution in [3.05, 3.63) is 34.9 Å². The number of carbonyl (C=O) groups excluding carboxylic acids is 2. The molecule has 0 aliphatic heterocycles. The van der Waals surface area contributed by atoms with Crippen molar-refractivity contribution in [2.45, 2.75) is 51.7 Å². The van der Waals surface area contributed by atoms with Gasteiger partial charge in [-0.15, -0.1) is 0 Å². The molecule has 22 heavy (non-hydrogen) atoms. The number of alkyl carbamates (subject to hydrolysis) is 1. The molecule has 1 fully saturated rings. The molecule has 0 aromatic heterocycles. The Kier molecular flexibility index (Phi) is 4.44. The van der Waals surface area contributed by atoms with E-state index in [2.05, 4.69) is 5.32 Å². The first-order valence-corrected chi connectivity index (χ1v) is 7.39. The fraction of sp³-hybridized carbons (Fsp3) is 0.529. The summed E-state index contributed by atoms with van der Waals surface area (Å²) < 4.78 is 10.0. The maximum absolute atomic E-state index is 11.8. The van der Waals surface area contributed by atoms with Crippen LogP contribution in [0.3, 0.4) is 0 Å². The standard InChI is InChI=1S/C17H23NO4/c1-10-6-7-11(15(19)21-5)8-12(10)13-9-14(13)18-16(20)22-17(2,3)4/h6-8,13-14H,9H2,1-5H3,(H,18,20)/t13-,14+/m0/s1. The van der Waals surface area contributed by atoms with E-state index in [1.807, 2.05) is 39.8 Å². The Morgan fingerprint density at radius 1 is 1.27 bits per heavy atom. The molecule has 1 saturated carbocycles. The zero-order chi connectivity index (χ0) is 16.5. The van der Waals surface area contributed by atoms with E-state index >= 15 is 0 Å². The van der Waals surface area contributed by atoms with Crippen molar-refractivity contribution in [1.29, 1.82) is 0 Å². The Bertz CT molecular complexity index is 589. The third kappa shape index (κ3) is 4.00. The number of esters is 1. The summed E-state index contributed by atoms with van der Waals surface area (Å²) in [7, 11) is 1.37. The van der Waals surface area contributed by atoms with E-state index in [1.54, 1.807) is 6.07 Å². The predicted molar refractivity (Wildman–Crippen MR) is 83.0 cm³/mol. The number of methoxy groups -OCH3 is 1. The molecule has 5 heteroatoms. The van der Waals surface area contributed by atoms with Gasteiger partial charge in [0.2, 0.25) is 0 Å². The van der Waals surface area contributed by atoms with E-state index in [0.717, 1.165) is 17.5 Å². The molecule has 0 heterocycles. The van der Waals surface area contributed by atoms with E-state index < -0.39 is 11.7 Å². The topological polar surface area (TPSA) is 64.6 Å². The van der Waals surface area contributed by atoms with Gasteiger partial charge in [-0.3, -0.25) is 0 Å². The van der Waals surface area contributed by atoms with Crippen molar-refractivity contribution in [3.63, 3.8) is 0 Å². The summed E-state index contributed by atoms with van der Waals surface area (Å²) in [6, 6.07) is 5.57. The molecule has 1 aromatic carbocycles. The molecular formula is C17H23NO4. The van der Waals surface area contributed by atoms with Crippen LogP contribution in [0.2, 0.25) is 0 Å². The molecule has 0 saturated heterocycles. The van der Waals surface area contributed by atoms with Gasteiger partial charge in [0.05, 0.1) is 12.7 Å². The summed E-state index contributed by atoms with van der Waals surface area (Å²) in [6.07, 6.45) is 0.451. The van der Waals surface area contributed by atoms with E-state index in [0.29, 0.717) is 5.56 Å². The normalized spacial score (nSPS) is 20.2. The van der Waals surface area contributed by atoms with Crippen molar-refractivity contribution >= 4 is 12.1 Å². The van der Waals surface area contributed by atoms with Gasteiger partial charge in [0.15, 0.2) is 0 Å². The number of ether oxygens (including phenoxy) is 2. The van der Waals surface area contributed by atoms with Crippen molar-refractivity contribution in [3.8, 4) is 0 Å². The van der Waals surface area contributed by atoms with E-state index in [9.17, 15) is 9.59 Å². The molecule has 0 bridgehead atoms. The van der Waals surface area contributed by atoms with Crippen molar-refractivity contribution in [2.75, 3.05) is 7.11 Å². The zero-order valence-electron chi connectivity index (χ0n) is 13.7. The molecule has 1 N–H and O–H groups in total. The summed E-state index contributed by atoms with van der Waals surface area (Å²) in [4.78, 5) is 23.4. The SMILES string of the molecule is COC(=O)c1ccc(C)c([C@@H]2C[C@H]2NC(=O)OC(C)(C)C)c1. The van der Waals surface area contributed by atoms with E-state index in [4.69, 9.17) is 9.47 Å². The second-order valence-corrected chi connectivity index (χ2v) is 6.66. The zero-order valence-corrected chi connectivity index (χ0v) is 13.7. The van der Waals surface area contributed by atoms with Crippen LogP contribution in [0.4, 0.5) is 4.79 Å². The largest absolute Gasteiger partial charge is 0.465 e. The molecule has 1 amide bonds. The van der Waals surface area contributed by atoms with Crippen LogP contribution in [-0.2, 0) is 9.47 Å². The first kappa shape index (κ1) is 16.3. The summed E-state index contributed by atoms with van der Waals surface area (Å²) in [5.74, 6) is -0.129. The molecule has 0 spiro atoms.